The molecule has 2 aromatic carbocycles. The molecule has 0 spiro atoms. The first-order chi connectivity index (χ1) is 9.08. The number of rotatable bonds is 4. The molecule has 3 N–H and O–H groups in total. The molecule has 0 aliphatic carbocycles. The molecule has 0 amide bonds. The molecule has 0 heterocycles. The van der Waals surface area contributed by atoms with Crippen molar-refractivity contribution in [2.45, 2.75) is 6.04 Å². The second kappa shape index (κ2) is 6.24. The third-order valence-electron chi connectivity index (χ3n) is 2.71. The van der Waals surface area contributed by atoms with Crippen LogP contribution < -0.4 is 11.1 Å². The molecule has 0 bridgehead atoms. The summed E-state index contributed by atoms with van der Waals surface area (Å²) >= 11 is 11.7. The topological polar surface area (TPSA) is 38.0 Å². The average Bonchev–Trinajstić information content (AvgIpc) is 2.36. The van der Waals surface area contributed by atoms with Gasteiger partial charge in [0.25, 0.3) is 0 Å². The first-order valence-electron chi connectivity index (χ1n) is 5.76. The molecule has 0 fully saturated rings. The van der Waals surface area contributed by atoms with Crippen molar-refractivity contribution in [3.63, 3.8) is 0 Å². The largest absolute Gasteiger partial charge is 0.377 e. The number of anilines is 1. The van der Waals surface area contributed by atoms with Crippen molar-refractivity contribution in [1.82, 2.24) is 0 Å². The molecule has 2 rings (SSSR count). The standard InChI is InChI=1S/C14H13Cl2FN2/c15-10-3-1-9(2-4-10)14(8-18)19-13-6-11(16)5-12(17)7-13/h1-7,14,19H,8,18H2. The first kappa shape index (κ1) is 14.1. The maximum atomic E-state index is 13.3. The Morgan fingerprint density at radius 2 is 1.74 bits per heavy atom. The Bertz CT molecular complexity index is 538. The predicted octanol–water partition coefficient (Wildman–Crippen LogP) is 4.24. The van der Waals surface area contributed by atoms with E-state index in [4.69, 9.17) is 28.9 Å². The minimum Gasteiger partial charge on any atom is -0.377 e. The van der Waals surface area contributed by atoms with E-state index in [2.05, 4.69) is 5.32 Å². The molecule has 2 nitrogen and oxygen atoms in total. The highest BCUT2D eigenvalue weighted by atomic mass is 35.5. The van der Waals surface area contributed by atoms with E-state index < -0.39 is 0 Å². The van der Waals surface area contributed by atoms with Gasteiger partial charge in [0, 0.05) is 22.3 Å². The monoisotopic (exact) mass is 298 g/mol. The SMILES string of the molecule is NCC(Nc1cc(F)cc(Cl)c1)c1ccc(Cl)cc1. The van der Waals surface area contributed by atoms with Gasteiger partial charge in [0.05, 0.1) is 6.04 Å². The summed E-state index contributed by atoms with van der Waals surface area (Å²) < 4.78 is 13.3. The lowest BCUT2D eigenvalue weighted by Crippen LogP contribution is -2.20. The van der Waals surface area contributed by atoms with E-state index in [0.717, 1.165) is 5.56 Å². The summed E-state index contributed by atoms with van der Waals surface area (Å²) in [5, 5.41) is 4.16. The van der Waals surface area contributed by atoms with Gasteiger partial charge < -0.3 is 11.1 Å². The summed E-state index contributed by atoms with van der Waals surface area (Å²) in [5.41, 5.74) is 7.32. The van der Waals surface area contributed by atoms with Crippen LogP contribution >= 0.6 is 23.2 Å². The molecule has 0 aliphatic heterocycles. The molecule has 0 saturated carbocycles. The van der Waals surface area contributed by atoms with Crippen molar-refractivity contribution in [2.24, 2.45) is 5.73 Å². The van der Waals surface area contributed by atoms with E-state index >= 15 is 0 Å². The van der Waals surface area contributed by atoms with E-state index in [1.807, 2.05) is 12.1 Å². The molecular formula is C14H13Cl2FN2. The molecule has 100 valence electrons. The smallest absolute Gasteiger partial charge is 0.126 e. The maximum Gasteiger partial charge on any atom is 0.126 e. The third-order valence-corrected chi connectivity index (χ3v) is 3.18. The summed E-state index contributed by atoms with van der Waals surface area (Å²) in [6, 6.07) is 11.5. The number of nitrogens with two attached hydrogens (primary N) is 1. The lowest BCUT2D eigenvalue weighted by atomic mass is 10.1. The van der Waals surface area contributed by atoms with Crippen LogP contribution in [0.4, 0.5) is 10.1 Å². The summed E-state index contributed by atoms with van der Waals surface area (Å²) in [4.78, 5) is 0. The Hall–Kier alpha value is -1.29. The zero-order valence-corrected chi connectivity index (χ0v) is 11.5. The summed E-state index contributed by atoms with van der Waals surface area (Å²) in [6.45, 7) is 0.371. The predicted molar refractivity (Wildman–Crippen MR) is 78.3 cm³/mol. The van der Waals surface area contributed by atoms with Crippen molar-refractivity contribution in [3.05, 3.63) is 63.9 Å². The van der Waals surface area contributed by atoms with Crippen LogP contribution in [-0.2, 0) is 0 Å². The lowest BCUT2D eigenvalue weighted by Gasteiger charge is -2.19. The van der Waals surface area contributed by atoms with Crippen LogP contribution in [0.15, 0.2) is 42.5 Å². The van der Waals surface area contributed by atoms with Crippen LogP contribution in [0.5, 0.6) is 0 Å². The Kier molecular flexibility index (Phi) is 4.64. The Morgan fingerprint density at radius 1 is 1.05 bits per heavy atom. The number of nitrogens with one attached hydrogen (secondary N) is 1. The van der Waals surface area contributed by atoms with E-state index in [1.165, 1.54) is 12.1 Å². The van der Waals surface area contributed by atoms with Crippen LogP contribution in [0.25, 0.3) is 0 Å². The Labute approximate surface area is 121 Å². The van der Waals surface area contributed by atoms with Gasteiger partial charge in [0.1, 0.15) is 5.82 Å². The van der Waals surface area contributed by atoms with Crippen LogP contribution in [0.2, 0.25) is 10.0 Å². The Balaban J connectivity index is 2.21. The lowest BCUT2D eigenvalue weighted by molar-refractivity contribution is 0.627. The van der Waals surface area contributed by atoms with Gasteiger partial charge >= 0.3 is 0 Å². The van der Waals surface area contributed by atoms with Crippen LogP contribution in [0, 0.1) is 5.82 Å². The minimum atomic E-state index is -0.387. The molecule has 0 aromatic heterocycles. The fraction of sp³-hybridized carbons (Fsp3) is 0.143. The highest BCUT2D eigenvalue weighted by molar-refractivity contribution is 6.31. The second-order valence-corrected chi connectivity index (χ2v) is 5.02. The van der Waals surface area contributed by atoms with Gasteiger partial charge in [0.2, 0.25) is 0 Å². The fourth-order valence-corrected chi connectivity index (χ4v) is 2.16. The second-order valence-electron chi connectivity index (χ2n) is 4.14. The van der Waals surface area contributed by atoms with Crippen LogP contribution in [0.3, 0.4) is 0 Å². The number of hydrogen-bond donors (Lipinski definition) is 2. The molecule has 1 atom stereocenters. The van der Waals surface area contributed by atoms with Gasteiger partial charge in [-0.3, -0.25) is 0 Å². The molecule has 5 heteroatoms. The summed E-state index contributed by atoms with van der Waals surface area (Å²) in [7, 11) is 0. The molecule has 0 radical (unpaired) electrons. The highest BCUT2D eigenvalue weighted by Gasteiger charge is 2.10. The van der Waals surface area contributed by atoms with Crippen molar-refractivity contribution >= 4 is 28.9 Å². The van der Waals surface area contributed by atoms with E-state index in [0.29, 0.717) is 22.3 Å². The molecule has 1 unspecified atom stereocenters. The molecular weight excluding hydrogens is 286 g/mol. The fourth-order valence-electron chi connectivity index (χ4n) is 1.81. The first-order valence-corrected chi connectivity index (χ1v) is 6.52. The van der Waals surface area contributed by atoms with E-state index in [9.17, 15) is 4.39 Å². The Morgan fingerprint density at radius 3 is 2.32 bits per heavy atom. The van der Waals surface area contributed by atoms with Crippen molar-refractivity contribution in [3.8, 4) is 0 Å². The molecule has 2 aromatic rings. The van der Waals surface area contributed by atoms with E-state index in [-0.39, 0.29) is 11.9 Å². The normalized spacial score (nSPS) is 12.2. The van der Waals surface area contributed by atoms with Gasteiger partial charge in [-0.1, -0.05) is 35.3 Å². The number of hydrogen-bond acceptors (Lipinski definition) is 2. The van der Waals surface area contributed by atoms with Gasteiger partial charge in [0.15, 0.2) is 0 Å². The quantitative estimate of drug-likeness (QED) is 0.886. The van der Waals surface area contributed by atoms with E-state index in [1.54, 1.807) is 18.2 Å². The molecule has 19 heavy (non-hydrogen) atoms. The van der Waals surface area contributed by atoms with Crippen molar-refractivity contribution < 1.29 is 4.39 Å². The van der Waals surface area contributed by atoms with Crippen molar-refractivity contribution in [2.75, 3.05) is 11.9 Å². The van der Waals surface area contributed by atoms with Crippen LogP contribution in [0.1, 0.15) is 11.6 Å². The van der Waals surface area contributed by atoms with Gasteiger partial charge in [-0.15, -0.1) is 0 Å². The van der Waals surface area contributed by atoms with Gasteiger partial charge in [-0.05, 0) is 35.9 Å². The third kappa shape index (κ3) is 3.83. The maximum absolute atomic E-state index is 13.3. The number of benzene rings is 2. The number of halogens is 3. The van der Waals surface area contributed by atoms with Crippen LogP contribution in [-0.4, -0.2) is 6.54 Å². The van der Waals surface area contributed by atoms with Crippen molar-refractivity contribution in [1.29, 1.82) is 0 Å². The highest BCUT2D eigenvalue weighted by Crippen LogP contribution is 2.23. The minimum absolute atomic E-state index is 0.130. The summed E-state index contributed by atoms with van der Waals surface area (Å²) in [6.07, 6.45) is 0. The van der Waals surface area contributed by atoms with Gasteiger partial charge in [-0.25, -0.2) is 4.39 Å². The van der Waals surface area contributed by atoms with Gasteiger partial charge in [-0.2, -0.15) is 0 Å². The summed E-state index contributed by atoms with van der Waals surface area (Å²) in [5.74, 6) is -0.387. The molecule has 0 aliphatic rings. The zero-order chi connectivity index (χ0) is 13.8. The average molecular weight is 299 g/mol. The zero-order valence-electron chi connectivity index (χ0n) is 10.0. The molecule has 0 saturated heterocycles.